The van der Waals surface area contributed by atoms with Gasteiger partial charge in [0.05, 0.1) is 15.1 Å². The van der Waals surface area contributed by atoms with Crippen LogP contribution >= 0.6 is 15.9 Å². The number of nitrogens with one attached hydrogen (secondary N) is 2. The van der Waals surface area contributed by atoms with Gasteiger partial charge in [0.1, 0.15) is 0 Å². The molecule has 2 rings (SSSR count). The van der Waals surface area contributed by atoms with Gasteiger partial charge in [-0.1, -0.05) is 26.8 Å². The molecule has 4 N–H and O–H groups in total. The van der Waals surface area contributed by atoms with Crippen LogP contribution in [0.5, 0.6) is 0 Å². The quantitative estimate of drug-likeness (QED) is 0.696. The van der Waals surface area contributed by atoms with Crippen LogP contribution < -0.4 is 10.5 Å². The van der Waals surface area contributed by atoms with Crippen LogP contribution in [-0.2, 0) is 16.4 Å². The van der Waals surface area contributed by atoms with Crippen LogP contribution in [0.25, 0.3) is 0 Å². The molecule has 0 fully saturated rings. The molecule has 0 atom stereocenters. The van der Waals surface area contributed by atoms with Crippen molar-refractivity contribution in [1.29, 1.82) is 0 Å². The second-order valence-electron chi connectivity index (χ2n) is 5.63. The number of aromatic amines is 1. The van der Waals surface area contributed by atoms with Gasteiger partial charge in [0.15, 0.2) is 5.69 Å². The summed E-state index contributed by atoms with van der Waals surface area (Å²) in [5.74, 6) is -0.277. The molecule has 0 radical (unpaired) electrons. The zero-order valence-corrected chi connectivity index (χ0v) is 16.0. The van der Waals surface area contributed by atoms with Crippen LogP contribution in [0.1, 0.15) is 48.4 Å². The zero-order valence-electron chi connectivity index (χ0n) is 13.6. The highest BCUT2D eigenvalue weighted by molar-refractivity contribution is 9.10. The average molecular weight is 415 g/mol. The highest BCUT2D eigenvalue weighted by atomic mass is 79.9. The standard InChI is InChI=1S/C15H19BrN4O3S/c1-4-9-5-6-10(7-11(9)24(17,22)23)18-15(21)14-12(16)13(8(2)3)19-20-14/h5-8H,4H2,1-3H3,(H,18,21)(H,19,20)(H2,17,22,23). The molecule has 130 valence electrons. The van der Waals surface area contributed by atoms with Crippen LogP contribution in [-0.4, -0.2) is 24.5 Å². The first-order valence-corrected chi connectivity index (χ1v) is 9.69. The highest BCUT2D eigenvalue weighted by Gasteiger charge is 2.20. The summed E-state index contributed by atoms with van der Waals surface area (Å²) in [6.07, 6.45) is 0.517. The number of rotatable bonds is 5. The third-order valence-corrected chi connectivity index (χ3v) is 5.33. The van der Waals surface area contributed by atoms with Crippen molar-refractivity contribution < 1.29 is 13.2 Å². The van der Waals surface area contributed by atoms with Crippen molar-refractivity contribution in [2.75, 3.05) is 5.32 Å². The lowest BCUT2D eigenvalue weighted by Crippen LogP contribution is -2.17. The van der Waals surface area contributed by atoms with E-state index in [0.29, 0.717) is 22.1 Å². The van der Waals surface area contributed by atoms with Crippen LogP contribution in [0.15, 0.2) is 27.6 Å². The van der Waals surface area contributed by atoms with Crippen molar-refractivity contribution in [2.24, 2.45) is 5.14 Å². The topological polar surface area (TPSA) is 118 Å². The largest absolute Gasteiger partial charge is 0.321 e. The number of carbonyl (C=O) groups excluding carboxylic acids is 1. The third-order valence-electron chi connectivity index (χ3n) is 3.54. The molecular formula is C15H19BrN4O3S. The molecule has 1 aromatic heterocycles. The number of nitrogens with two attached hydrogens (primary N) is 1. The number of nitrogens with zero attached hydrogens (tertiary/aromatic N) is 1. The number of anilines is 1. The van der Waals surface area contributed by atoms with E-state index in [4.69, 9.17) is 5.14 Å². The van der Waals surface area contributed by atoms with Crippen LogP contribution in [0.3, 0.4) is 0 Å². The minimum atomic E-state index is -3.87. The first-order chi connectivity index (χ1) is 11.1. The van der Waals surface area contributed by atoms with Gasteiger partial charge in [-0.05, 0) is 46.0 Å². The summed E-state index contributed by atoms with van der Waals surface area (Å²) in [7, 11) is -3.87. The Balaban J connectivity index is 2.33. The fourth-order valence-electron chi connectivity index (χ4n) is 2.25. The number of benzene rings is 1. The first kappa shape index (κ1) is 18.6. The fourth-order valence-corrected chi connectivity index (χ4v) is 3.94. The van der Waals surface area contributed by atoms with Gasteiger partial charge < -0.3 is 5.32 Å². The number of hydrogen-bond acceptors (Lipinski definition) is 4. The summed E-state index contributed by atoms with van der Waals surface area (Å²) < 4.78 is 24.0. The molecule has 0 spiro atoms. The van der Waals surface area contributed by atoms with E-state index in [2.05, 4.69) is 31.4 Å². The molecule has 1 heterocycles. The Labute approximate surface area is 149 Å². The molecule has 9 heteroatoms. The molecule has 0 aliphatic heterocycles. The van der Waals surface area contributed by atoms with Gasteiger partial charge in [-0.15, -0.1) is 0 Å². The molecule has 0 bridgehead atoms. The van der Waals surface area contributed by atoms with Gasteiger partial charge in [0, 0.05) is 5.69 Å². The maximum Gasteiger partial charge on any atom is 0.277 e. The summed E-state index contributed by atoms with van der Waals surface area (Å²) >= 11 is 3.36. The Morgan fingerprint density at radius 2 is 2.08 bits per heavy atom. The summed E-state index contributed by atoms with van der Waals surface area (Å²) in [5.41, 5.74) is 1.95. The van der Waals surface area contributed by atoms with E-state index >= 15 is 0 Å². The first-order valence-electron chi connectivity index (χ1n) is 7.36. The van der Waals surface area contributed by atoms with Crippen LogP contribution in [0.2, 0.25) is 0 Å². The van der Waals surface area contributed by atoms with Crippen molar-refractivity contribution in [3.8, 4) is 0 Å². The molecule has 1 aromatic carbocycles. The molecule has 7 nitrogen and oxygen atoms in total. The van der Waals surface area contributed by atoms with E-state index in [1.165, 1.54) is 6.07 Å². The van der Waals surface area contributed by atoms with E-state index in [1.54, 1.807) is 12.1 Å². The van der Waals surface area contributed by atoms with Gasteiger partial charge in [-0.3, -0.25) is 9.89 Å². The number of halogens is 1. The number of sulfonamides is 1. The molecule has 0 aliphatic carbocycles. The number of H-pyrrole nitrogens is 1. The van der Waals surface area contributed by atoms with Crippen molar-refractivity contribution >= 4 is 37.5 Å². The van der Waals surface area contributed by atoms with E-state index in [-0.39, 0.29) is 16.5 Å². The smallest absolute Gasteiger partial charge is 0.277 e. The predicted octanol–water partition coefficient (Wildman–Crippen LogP) is 2.76. The maximum atomic E-state index is 12.4. The Morgan fingerprint density at radius 3 is 2.58 bits per heavy atom. The summed E-state index contributed by atoms with van der Waals surface area (Å²) in [5, 5.41) is 14.7. The van der Waals surface area contributed by atoms with Crippen molar-refractivity contribution in [2.45, 2.75) is 38.0 Å². The number of aryl methyl sites for hydroxylation is 1. The van der Waals surface area contributed by atoms with Crippen molar-refractivity contribution in [3.05, 3.63) is 39.6 Å². The lowest BCUT2D eigenvalue weighted by Gasteiger charge is -2.10. The van der Waals surface area contributed by atoms with Crippen LogP contribution in [0.4, 0.5) is 5.69 Å². The molecule has 0 saturated heterocycles. The second kappa shape index (κ2) is 7.04. The molecule has 0 aliphatic rings. The lowest BCUT2D eigenvalue weighted by molar-refractivity contribution is 0.102. The van der Waals surface area contributed by atoms with Gasteiger partial charge in [0.25, 0.3) is 5.91 Å². The maximum absolute atomic E-state index is 12.4. The van der Waals surface area contributed by atoms with E-state index in [9.17, 15) is 13.2 Å². The monoisotopic (exact) mass is 414 g/mol. The third kappa shape index (κ3) is 3.85. The van der Waals surface area contributed by atoms with Crippen molar-refractivity contribution in [1.82, 2.24) is 10.2 Å². The van der Waals surface area contributed by atoms with Gasteiger partial charge in [-0.2, -0.15) is 5.10 Å². The Morgan fingerprint density at radius 1 is 1.42 bits per heavy atom. The SMILES string of the molecule is CCc1ccc(NC(=O)c2n[nH]c(C(C)C)c2Br)cc1S(N)(=O)=O. The van der Waals surface area contributed by atoms with E-state index in [0.717, 1.165) is 5.69 Å². The Bertz CT molecular complexity index is 875. The molecule has 24 heavy (non-hydrogen) atoms. The average Bonchev–Trinajstić information content (AvgIpc) is 2.88. The van der Waals surface area contributed by atoms with Gasteiger partial charge in [0.2, 0.25) is 10.0 Å². The Kier molecular flexibility index (Phi) is 5.46. The fraction of sp³-hybridized carbons (Fsp3) is 0.333. The molecule has 1 amide bonds. The van der Waals surface area contributed by atoms with Crippen molar-refractivity contribution in [3.63, 3.8) is 0 Å². The number of aromatic nitrogens is 2. The Hall–Kier alpha value is -1.71. The molecule has 0 unspecified atom stereocenters. The van der Waals surface area contributed by atoms with Crippen LogP contribution in [0, 0.1) is 0 Å². The number of hydrogen-bond donors (Lipinski definition) is 3. The zero-order chi connectivity index (χ0) is 18.1. The van der Waals surface area contributed by atoms with Gasteiger partial charge in [-0.25, -0.2) is 13.6 Å². The second-order valence-corrected chi connectivity index (χ2v) is 7.95. The minimum absolute atomic E-state index is 0.00626. The highest BCUT2D eigenvalue weighted by Crippen LogP contribution is 2.27. The molecule has 2 aromatic rings. The lowest BCUT2D eigenvalue weighted by atomic mass is 10.1. The summed E-state index contributed by atoms with van der Waals surface area (Å²) in [6, 6.07) is 4.62. The predicted molar refractivity (Wildman–Crippen MR) is 95.5 cm³/mol. The summed E-state index contributed by atoms with van der Waals surface area (Å²) in [4.78, 5) is 12.4. The van der Waals surface area contributed by atoms with Gasteiger partial charge >= 0.3 is 0 Å². The van der Waals surface area contributed by atoms with E-state index < -0.39 is 15.9 Å². The number of primary sulfonamides is 1. The summed E-state index contributed by atoms with van der Waals surface area (Å²) in [6.45, 7) is 5.78. The number of carbonyl (C=O) groups is 1. The molecule has 0 saturated carbocycles. The molecular weight excluding hydrogens is 396 g/mol. The van der Waals surface area contributed by atoms with E-state index in [1.807, 2.05) is 20.8 Å². The normalized spacial score (nSPS) is 11.8. The number of amides is 1. The minimum Gasteiger partial charge on any atom is -0.321 e.